The van der Waals surface area contributed by atoms with Crippen LogP contribution in [0.25, 0.3) is 0 Å². The predicted octanol–water partition coefficient (Wildman–Crippen LogP) is 0.475. The van der Waals surface area contributed by atoms with E-state index in [0.29, 0.717) is 24.5 Å². The molecule has 2 unspecified atom stereocenters. The third-order valence-electron chi connectivity index (χ3n) is 4.50. The number of nitrogens with one attached hydrogen (secondary N) is 3. The van der Waals surface area contributed by atoms with E-state index in [9.17, 15) is 14.7 Å². The number of carbonyl (C=O) groups is 2. The Morgan fingerprint density at radius 2 is 2.04 bits per heavy atom. The molecule has 1 saturated heterocycles. The van der Waals surface area contributed by atoms with E-state index in [1.54, 1.807) is 11.3 Å². The van der Waals surface area contributed by atoms with Crippen molar-refractivity contribution < 1.29 is 14.7 Å². The summed E-state index contributed by atoms with van der Waals surface area (Å²) in [7, 11) is 0. The van der Waals surface area contributed by atoms with Gasteiger partial charge in [0.25, 0.3) is 5.91 Å². The third-order valence-corrected chi connectivity index (χ3v) is 5.73. The molecule has 2 atom stereocenters. The van der Waals surface area contributed by atoms with Gasteiger partial charge in [-0.1, -0.05) is 0 Å². The lowest BCUT2D eigenvalue weighted by Gasteiger charge is -2.14. The topological polar surface area (TPSA) is 90.5 Å². The zero-order chi connectivity index (χ0) is 16.2. The van der Waals surface area contributed by atoms with E-state index in [-0.39, 0.29) is 36.7 Å². The quantitative estimate of drug-likeness (QED) is 0.604. The average molecular weight is 374 g/mol. The minimum Gasteiger partial charge on any atom is -0.391 e. The molecule has 1 aromatic rings. The second-order valence-electron chi connectivity index (χ2n) is 6.24. The summed E-state index contributed by atoms with van der Waals surface area (Å²) in [6, 6.07) is 1.97. The molecule has 1 aromatic heterocycles. The van der Waals surface area contributed by atoms with E-state index >= 15 is 0 Å². The minimum absolute atomic E-state index is 0. The first-order chi connectivity index (χ1) is 11.1. The first-order valence-corrected chi connectivity index (χ1v) is 9.00. The van der Waals surface area contributed by atoms with E-state index in [1.165, 1.54) is 23.3 Å². The molecule has 0 bridgehead atoms. The highest BCUT2D eigenvalue weighted by molar-refractivity contribution is 7.14. The number of hydrogen-bond acceptors (Lipinski definition) is 5. The molecule has 1 aliphatic heterocycles. The summed E-state index contributed by atoms with van der Waals surface area (Å²) in [4.78, 5) is 26.0. The molecule has 2 aliphatic rings. The average Bonchev–Trinajstić information content (AvgIpc) is 3.16. The van der Waals surface area contributed by atoms with Gasteiger partial charge in [0, 0.05) is 30.4 Å². The molecular formula is C16H24ClN3O3S. The number of amides is 2. The van der Waals surface area contributed by atoms with Crippen molar-refractivity contribution in [2.45, 2.75) is 31.8 Å². The summed E-state index contributed by atoms with van der Waals surface area (Å²) in [6.07, 6.45) is 4.08. The molecule has 6 nitrogen and oxygen atoms in total. The standard InChI is InChI=1S/C16H23N3O3S.ClH/c20-12-8-17-6-11(12)7-18-15(21)9-19-16(22)14-5-10-3-1-2-4-13(10)23-14;/h5,11-12,17,20H,1-4,6-9H2,(H,18,21)(H,19,22);1H. The molecule has 0 spiro atoms. The maximum absolute atomic E-state index is 12.1. The summed E-state index contributed by atoms with van der Waals surface area (Å²) in [5.74, 6) is -0.362. The van der Waals surface area contributed by atoms with Gasteiger partial charge in [0.05, 0.1) is 17.5 Å². The van der Waals surface area contributed by atoms with Gasteiger partial charge in [0.2, 0.25) is 5.91 Å². The Hall–Kier alpha value is -1.15. The normalized spacial score (nSPS) is 22.4. The highest BCUT2D eigenvalue weighted by Gasteiger charge is 2.25. The highest BCUT2D eigenvalue weighted by Crippen LogP contribution is 2.29. The molecule has 0 aromatic carbocycles. The summed E-state index contributed by atoms with van der Waals surface area (Å²) in [6.45, 7) is 1.67. The van der Waals surface area contributed by atoms with E-state index in [0.717, 1.165) is 12.8 Å². The van der Waals surface area contributed by atoms with Crippen LogP contribution in [0.15, 0.2) is 6.07 Å². The van der Waals surface area contributed by atoms with Crippen LogP contribution in [0, 0.1) is 5.92 Å². The Bertz CT molecular complexity index is 570. The van der Waals surface area contributed by atoms with E-state index in [2.05, 4.69) is 16.0 Å². The maximum Gasteiger partial charge on any atom is 0.261 e. The van der Waals surface area contributed by atoms with Gasteiger partial charge in [-0.2, -0.15) is 0 Å². The van der Waals surface area contributed by atoms with Crippen molar-refractivity contribution in [2.24, 2.45) is 5.92 Å². The van der Waals surface area contributed by atoms with E-state index in [4.69, 9.17) is 0 Å². The van der Waals surface area contributed by atoms with Gasteiger partial charge in [-0.25, -0.2) is 0 Å². The van der Waals surface area contributed by atoms with Gasteiger partial charge in [-0.3, -0.25) is 9.59 Å². The molecule has 3 rings (SSSR count). The number of aliphatic hydroxyl groups is 1. The molecule has 4 N–H and O–H groups in total. The molecule has 24 heavy (non-hydrogen) atoms. The Labute approximate surface area is 151 Å². The van der Waals surface area contributed by atoms with Crippen LogP contribution < -0.4 is 16.0 Å². The molecule has 8 heteroatoms. The van der Waals surface area contributed by atoms with Crippen LogP contribution in [0.2, 0.25) is 0 Å². The number of thiophene rings is 1. The molecule has 1 aliphatic carbocycles. The summed E-state index contributed by atoms with van der Waals surface area (Å²) >= 11 is 1.54. The molecule has 2 heterocycles. The Morgan fingerprint density at radius 1 is 1.25 bits per heavy atom. The zero-order valence-electron chi connectivity index (χ0n) is 13.5. The summed E-state index contributed by atoms with van der Waals surface area (Å²) < 4.78 is 0. The minimum atomic E-state index is -0.415. The first kappa shape index (κ1) is 19.2. The van der Waals surface area contributed by atoms with Crippen molar-refractivity contribution in [2.75, 3.05) is 26.2 Å². The first-order valence-electron chi connectivity index (χ1n) is 8.18. The van der Waals surface area contributed by atoms with Crippen LogP contribution >= 0.6 is 23.7 Å². The number of rotatable bonds is 5. The van der Waals surface area contributed by atoms with Gasteiger partial charge in [-0.15, -0.1) is 23.7 Å². The molecule has 0 radical (unpaired) electrons. The lowest BCUT2D eigenvalue weighted by molar-refractivity contribution is -0.120. The van der Waals surface area contributed by atoms with Gasteiger partial charge >= 0.3 is 0 Å². The van der Waals surface area contributed by atoms with Crippen molar-refractivity contribution in [1.29, 1.82) is 0 Å². The third kappa shape index (κ3) is 4.69. The number of carbonyl (C=O) groups excluding carboxylic acids is 2. The van der Waals surface area contributed by atoms with E-state index in [1.807, 2.05) is 6.07 Å². The second-order valence-corrected chi connectivity index (χ2v) is 7.38. The lowest BCUT2D eigenvalue weighted by Crippen LogP contribution is -2.40. The van der Waals surface area contributed by atoms with E-state index < -0.39 is 6.10 Å². The zero-order valence-corrected chi connectivity index (χ0v) is 15.1. The number of hydrogen-bond donors (Lipinski definition) is 4. The smallest absolute Gasteiger partial charge is 0.261 e. The van der Waals surface area contributed by atoms with Crippen molar-refractivity contribution in [3.63, 3.8) is 0 Å². The monoisotopic (exact) mass is 373 g/mol. The van der Waals surface area contributed by atoms with Gasteiger partial charge < -0.3 is 21.1 Å². The number of aliphatic hydroxyl groups excluding tert-OH is 1. The number of aryl methyl sites for hydroxylation is 2. The van der Waals surface area contributed by atoms with Crippen LogP contribution in [0.5, 0.6) is 0 Å². The van der Waals surface area contributed by atoms with Crippen molar-refractivity contribution in [1.82, 2.24) is 16.0 Å². The van der Waals surface area contributed by atoms with Crippen molar-refractivity contribution in [3.05, 3.63) is 21.4 Å². The van der Waals surface area contributed by atoms with Crippen LogP contribution in [0.3, 0.4) is 0 Å². The Balaban J connectivity index is 0.00000208. The molecule has 0 saturated carbocycles. The maximum atomic E-state index is 12.1. The SMILES string of the molecule is Cl.O=C(CNC(=O)c1cc2c(s1)CCCC2)NCC1CNCC1O. The fourth-order valence-electron chi connectivity index (χ4n) is 3.09. The van der Waals surface area contributed by atoms with Gasteiger partial charge in [0.1, 0.15) is 0 Å². The molecule has 2 amide bonds. The Morgan fingerprint density at radius 3 is 2.75 bits per heavy atom. The van der Waals surface area contributed by atoms with Crippen LogP contribution in [-0.4, -0.2) is 49.2 Å². The van der Waals surface area contributed by atoms with Crippen molar-refractivity contribution in [3.8, 4) is 0 Å². The summed E-state index contributed by atoms with van der Waals surface area (Å²) in [5.41, 5.74) is 1.29. The molecule has 134 valence electrons. The van der Waals surface area contributed by atoms with Crippen LogP contribution in [0.4, 0.5) is 0 Å². The lowest BCUT2D eigenvalue weighted by atomic mass is 9.99. The molecule has 1 fully saturated rings. The molecular weight excluding hydrogens is 350 g/mol. The summed E-state index contributed by atoms with van der Waals surface area (Å²) in [5, 5.41) is 18.2. The van der Waals surface area contributed by atoms with Crippen molar-refractivity contribution >= 4 is 35.6 Å². The Kier molecular flexibility index (Phi) is 7.03. The van der Waals surface area contributed by atoms with Crippen LogP contribution in [0.1, 0.15) is 33.0 Å². The fourth-order valence-corrected chi connectivity index (χ4v) is 4.26. The van der Waals surface area contributed by atoms with Crippen LogP contribution in [-0.2, 0) is 17.6 Å². The number of halogens is 1. The van der Waals surface area contributed by atoms with Gasteiger partial charge in [0.15, 0.2) is 0 Å². The highest BCUT2D eigenvalue weighted by atomic mass is 35.5. The predicted molar refractivity (Wildman–Crippen MR) is 95.9 cm³/mol. The number of fused-ring (bicyclic) bond motifs is 1. The number of β-amino-alcohol motifs (C(OH)–C–C–N with tert-alkyl or cyclic N) is 1. The largest absolute Gasteiger partial charge is 0.391 e. The van der Waals surface area contributed by atoms with Gasteiger partial charge in [-0.05, 0) is 37.3 Å². The second kappa shape index (κ2) is 8.80. The fraction of sp³-hybridized carbons (Fsp3) is 0.625.